The van der Waals surface area contributed by atoms with Gasteiger partial charge in [-0.3, -0.25) is 9.69 Å². The number of carboxylic acids is 1. The first kappa shape index (κ1) is 14.1. The molecule has 0 aromatic carbocycles. The Hall–Kier alpha value is -0.810. The summed E-state index contributed by atoms with van der Waals surface area (Å²) in [4.78, 5) is 13.5. The molecule has 0 aliphatic carbocycles. The molecule has 110 valence electrons. The number of hydrogen-bond donors (Lipinski definition) is 1. The Kier molecular flexibility index (Phi) is 3.91. The van der Waals surface area contributed by atoms with Gasteiger partial charge in [0.2, 0.25) is 0 Å². The third-order valence-electron chi connectivity index (χ3n) is 4.80. The van der Waals surface area contributed by atoms with E-state index in [9.17, 15) is 4.79 Å². The fourth-order valence-corrected chi connectivity index (χ4v) is 4.39. The maximum atomic E-state index is 10.9. The SMILES string of the molecule is CC(c1ccc(Br)o1)N1C2CCC1CC(CC(=O)O)C2. The lowest BCUT2D eigenvalue weighted by atomic mass is 9.87. The van der Waals surface area contributed by atoms with Gasteiger partial charge in [-0.25, -0.2) is 0 Å². The Morgan fingerprint density at radius 2 is 2.10 bits per heavy atom. The van der Waals surface area contributed by atoms with Gasteiger partial charge in [-0.15, -0.1) is 0 Å². The molecule has 3 atom stereocenters. The van der Waals surface area contributed by atoms with Crippen molar-refractivity contribution in [1.29, 1.82) is 0 Å². The molecule has 0 amide bonds. The maximum Gasteiger partial charge on any atom is 0.303 e. The molecule has 3 rings (SSSR count). The highest BCUT2D eigenvalue weighted by atomic mass is 79.9. The van der Waals surface area contributed by atoms with E-state index >= 15 is 0 Å². The minimum absolute atomic E-state index is 0.268. The number of aliphatic carboxylic acids is 1. The summed E-state index contributed by atoms with van der Waals surface area (Å²) in [5.74, 6) is 0.674. The maximum absolute atomic E-state index is 10.9. The molecular formula is C15H20BrNO3. The summed E-state index contributed by atoms with van der Waals surface area (Å²) in [6, 6.07) is 5.25. The lowest BCUT2D eigenvalue weighted by molar-refractivity contribution is -0.138. The zero-order valence-corrected chi connectivity index (χ0v) is 13.2. The van der Waals surface area contributed by atoms with E-state index in [2.05, 4.69) is 27.8 Å². The minimum Gasteiger partial charge on any atom is -0.481 e. The highest BCUT2D eigenvalue weighted by molar-refractivity contribution is 9.10. The van der Waals surface area contributed by atoms with E-state index in [4.69, 9.17) is 9.52 Å². The molecule has 0 radical (unpaired) electrons. The van der Waals surface area contributed by atoms with Crippen molar-refractivity contribution in [2.45, 2.75) is 57.2 Å². The number of hydrogen-bond acceptors (Lipinski definition) is 3. The number of fused-ring (bicyclic) bond motifs is 2. The first-order valence-electron chi connectivity index (χ1n) is 7.29. The monoisotopic (exact) mass is 341 g/mol. The molecule has 4 nitrogen and oxygen atoms in total. The van der Waals surface area contributed by atoms with Crippen LogP contribution in [0, 0.1) is 5.92 Å². The van der Waals surface area contributed by atoms with Gasteiger partial charge in [0, 0.05) is 18.5 Å². The van der Waals surface area contributed by atoms with Crippen molar-refractivity contribution in [2.24, 2.45) is 5.92 Å². The zero-order valence-electron chi connectivity index (χ0n) is 11.6. The molecule has 20 heavy (non-hydrogen) atoms. The fourth-order valence-electron chi connectivity index (χ4n) is 4.07. The van der Waals surface area contributed by atoms with Crippen LogP contribution >= 0.6 is 15.9 Å². The summed E-state index contributed by atoms with van der Waals surface area (Å²) >= 11 is 3.36. The van der Waals surface area contributed by atoms with E-state index in [0.29, 0.717) is 24.4 Å². The molecule has 1 N–H and O–H groups in total. The molecule has 0 saturated carbocycles. The summed E-state index contributed by atoms with van der Waals surface area (Å²) in [6.07, 6.45) is 4.71. The molecular weight excluding hydrogens is 322 g/mol. The van der Waals surface area contributed by atoms with Crippen LogP contribution in [-0.2, 0) is 4.79 Å². The normalized spacial score (nSPS) is 31.4. The Labute approximate surface area is 127 Å². The van der Waals surface area contributed by atoms with Gasteiger partial charge in [0.15, 0.2) is 4.67 Å². The smallest absolute Gasteiger partial charge is 0.303 e. The van der Waals surface area contributed by atoms with E-state index in [1.807, 2.05) is 12.1 Å². The molecule has 2 aliphatic rings. The van der Waals surface area contributed by atoms with Crippen LogP contribution in [0.4, 0.5) is 0 Å². The predicted molar refractivity (Wildman–Crippen MR) is 78.4 cm³/mol. The second-order valence-corrected chi connectivity index (χ2v) is 6.87. The molecule has 2 fully saturated rings. The van der Waals surface area contributed by atoms with Crippen molar-refractivity contribution in [3.8, 4) is 0 Å². The van der Waals surface area contributed by atoms with Crippen LogP contribution in [-0.4, -0.2) is 28.1 Å². The highest BCUT2D eigenvalue weighted by Crippen LogP contribution is 2.44. The van der Waals surface area contributed by atoms with E-state index in [1.54, 1.807) is 0 Å². The molecule has 2 saturated heterocycles. The van der Waals surface area contributed by atoms with Crippen LogP contribution in [0.25, 0.3) is 0 Å². The fraction of sp³-hybridized carbons (Fsp3) is 0.667. The molecule has 2 aliphatic heterocycles. The number of halogens is 1. The molecule has 3 unspecified atom stereocenters. The second kappa shape index (κ2) is 5.53. The van der Waals surface area contributed by atoms with Gasteiger partial charge in [-0.1, -0.05) is 0 Å². The number of carboxylic acid groups (broad SMARTS) is 1. The third kappa shape index (κ3) is 2.66. The number of nitrogens with zero attached hydrogens (tertiary/aromatic N) is 1. The average molecular weight is 342 g/mol. The lowest BCUT2D eigenvalue weighted by Crippen LogP contribution is -2.44. The van der Waals surface area contributed by atoms with Gasteiger partial charge in [-0.2, -0.15) is 0 Å². The zero-order chi connectivity index (χ0) is 14.3. The van der Waals surface area contributed by atoms with Crippen LogP contribution in [0.1, 0.15) is 50.8 Å². The molecule has 0 spiro atoms. The molecule has 2 bridgehead atoms. The summed E-state index contributed by atoms with van der Waals surface area (Å²) in [5, 5.41) is 8.98. The van der Waals surface area contributed by atoms with E-state index in [-0.39, 0.29) is 6.04 Å². The van der Waals surface area contributed by atoms with Crippen LogP contribution < -0.4 is 0 Å². The summed E-state index contributed by atoms with van der Waals surface area (Å²) in [7, 11) is 0. The summed E-state index contributed by atoms with van der Waals surface area (Å²) in [5.41, 5.74) is 0. The Morgan fingerprint density at radius 1 is 1.45 bits per heavy atom. The van der Waals surface area contributed by atoms with E-state index in [0.717, 1.165) is 23.3 Å². The first-order valence-corrected chi connectivity index (χ1v) is 8.08. The van der Waals surface area contributed by atoms with Gasteiger partial charge in [0.25, 0.3) is 0 Å². The van der Waals surface area contributed by atoms with E-state index < -0.39 is 5.97 Å². The molecule has 3 heterocycles. The number of piperidine rings is 1. The minimum atomic E-state index is -0.661. The Balaban J connectivity index is 1.72. The molecule has 1 aromatic rings. The van der Waals surface area contributed by atoms with Crippen molar-refractivity contribution in [3.63, 3.8) is 0 Å². The Bertz CT molecular complexity index is 487. The van der Waals surface area contributed by atoms with Crippen molar-refractivity contribution in [3.05, 3.63) is 22.6 Å². The van der Waals surface area contributed by atoms with Gasteiger partial charge in [0.05, 0.1) is 6.04 Å². The highest BCUT2D eigenvalue weighted by Gasteiger charge is 2.43. The lowest BCUT2D eigenvalue weighted by Gasteiger charge is -2.41. The van der Waals surface area contributed by atoms with Gasteiger partial charge >= 0.3 is 5.97 Å². The van der Waals surface area contributed by atoms with Crippen molar-refractivity contribution in [1.82, 2.24) is 4.90 Å². The Morgan fingerprint density at radius 3 is 2.60 bits per heavy atom. The summed E-state index contributed by atoms with van der Waals surface area (Å²) < 4.78 is 6.47. The number of carbonyl (C=O) groups is 1. The van der Waals surface area contributed by atoms with Crippen LogP contribution in [0.15, 0.2) is 21.2 Å². The number of rotatable bonds is 4. The second-order valence-electron chi connectivity index (χ2n) is 6.09. The number of furan rings is 1. The van der Waals surface area contributed by atoms with Crippen LogP contribution in [0.3, 0.4) is 0 Å². The van der Waals surface area contributed by atoms with Crippen molar-refractivity contribution in [2.75, 3.05) is 0 Å². The molecule has 1 aromatic heterocycles. The standard InChI is InChI=1S/C15H20BrNO3/c1-9(13-4-5-14(16)20-13)17-11-2-3-12(17)7-10(6-11)8-15(18)19/h4-5,9-12H,2-3,6-8H2,1H3,(H,18,19). The quantitative estimate of drug-likeness (QED) is 0.904. The predicted octanol–water partition coefficient (Wildman–Crippen LogP) is 3.82. The van der Waals surface area contributed by atoms with Crippen molar-refractivity contribution < 1.29 is 14.3 Å². The third-order valence-corrected chi connectivity index (χ3v) is 5.23. The van der Waals surface area contributed by atoms with E-state index in [1.165, 1.54) is 12.8 Å². The average Bonchev–Trinajstić information content (AvgIpc) is 2.91. The largest absolute Gasteiger partial charge is 0.481 e. The summed E-state index contributed by atoms with van der Waals surface area (Å²) in [6.45, 7) is 2.19. The van der Waals surface area contributed by atoms with Crippen LogP contribution in [0.2, 0.25) is 0 Å². The van der Waals surface area contributed by atoms with Gasteiger partial charge in [0.1, 0.15) is 5.76 Å². The van der Waals surface area contributed by atoms with Crippen molar-refractivity contribution >= 4 is 21.9 Å². The first-order chi connectivity index (χ1) is 9.54. The van der Waals surface area contributed by atoms with Gasteiger partial charge in [-0.05, 0) is 66.6 Å². The molecule has 5 heteroatoms. The van der Waals surface area contributed by atoms with Gasteiger partial charge < -0.3 is 9.52 Å². The van der Waals surface area contributed by atoms with Crippen LogP contribution in [0.5, 0.6) is 0 Å². The topological polar surface area (TPSA) is 53.7 Å².